The number of benzene rings is 20. The molecule has 2 nitrogen and oxygen atoms in total. The van der Waals surface area contributed by atoms with Gasteiger partial charge in [-0.05, 0) is 276 Å². The van der Waals surface area contributed by atoms with Gasteiger partial charge in [0.05, 0.1) is 22.2 Å². The van der Waals surface area contributed by atoms with Crippen LogP contribution < -0.4 is 9.80 Å². The van der Waals surface area contributed by atoms with Gasteiger partial charge in [-0.3, -0.25) is 0 Å². The summed E-state index contributed by atoms with van der Waals surface area (Å²) in [4.78, 5) is 5.13. The molecule has 1 spiro atoms. The fourth-order valence-electron chi connectivity index (χ4n) is 23.4. The highest BCUT2D eigenvalue weighted by molar-refractivity contribution is 6.01. The SMILES string of the molecule is Cc1cc(-c2ccc(-c3ccccc3)cc2)cc(-c2ccccc2)c1N(c1ccc2c(c1)C(C)(C)c1ccccc1-2)c1ccc2c(c1)C(c1ccccc1)(c1ccccc1)c1ccccc1-2.Cc1cc(-c2ccc(-c3ccccc3)cc2)cc(-c2ccccc2)c1N(c1ccc2c(c1)C(C)(C)c1ccccc1-2)c1ccc2c(c1)C1(c3ccccc3-c3ccccc31)c1ccccc1-2. The number of rotatable bonds is 14. The van der Waals surface area contributed by atoms with Gasteiger partial charge in [-0.2, -0.15) is 0 Å². The van der Waals surface area contributed by atoms with Crippen LogP contribution in [0.2, 0.25) is 0 Å². The van der Waals surface area contributed by atoms with Crippen molar-refractivity contribution in [2.75, 3.05) is 9.80 Å². The van der Waals surface area contributed by atoms with Gasteiger partial charge >= 0.3 is 0 Å². The summed E-state index contributed by atoms with van der Waals surface area (Å²) in [7, 11) is 0. The maximum atomic E-state index is 2.57. The van der Waals surface area contributed by atoms with Crippen molar-refractivity contribution in [2.45, 2.75) is 63.2 Å². The van der Waals surface area contributed by atoms with Gasteiger partial charge in [0, 0.05) is 44.7 Å². The van der Waals surface area contributed by atoms with Crippen molar-refractivity contribution in [3.8, 4) is 122 Å². The van der Waals surface area contributed by atoms with Crippen LogP contribution in [0, 0.1) is 13.8 Å². The molecule has 0 saturated carbocycles. The Hall–Kier alpha value is -16.0. The van der Waals surface area contributed by atoms with E-state index in [9.17, 15) is 0 Å². The molecule has 20 aromatic carbocycles. The Morgan fingerprint density at radius 2 is 0.371 bits per heavy atom. The molecular formula is C130H96N2. The van der Waals surface area contributed by atoms with Gasteiger partial charge in [0.15, 0.2) is 0 Å². The third-order valence-electron chi connectivity index (χ3n) is 29.5. The number of fused-ring (bicyclic) bond motifs is 19. The highest BCUT2D eigenvalue weighted by Gasteiger charge is 2.53. The molecule has 626 valence electrons. The lowest BCUT2D eigenvalue weighted by Gasteiger charge is -2.35. The Kier molecular flexibility index (Phi) is 18.9. The normalized spacial score (nSPS) is 13.8. The molecule has 5 aliphatic carbocycles. The lowest BCUT2D eigenvalue weighted by molar-refractivity contribution is 0.660. The topological polar surface area (TPSA) is 6.48 Å². The van der Waals surface area contributed by atoms with Gasteiger partial charge in [-0.1, -0.05) is 428 Å². The summed E-state index contributed by atoms with van der Waals surface area (Å²) in [5, 5.41) is 0. The predicted octanol–water partition coefficient (Wildman–Crippen LogP) is 34.3. The second-order valence-corrected chi connectivity index (χ2v) is 37.3. The fourth-order valence-corrected chi connectivity index (χ4v) is 23.4. The second-order valence-electron chi connectivity index (χ2n) is 37.3. The zero-order chi connectivity index (χ0) is 88.6. The largest absolute Gasteiger partial charge is 0.310 e. The van der Waals surface area contributed by atoms with Crippen molar-refractivity contribution in [1.29, 1.82) is 0 Å². The van der Waals surface area contributed by atoms with Gasteiger partial charge in [0.2, 0.25) is 0 Å². The first-order chi connectivity index (χ1) is 64.8. The highest BCUT2D eigenvalue weighted by atomic mass is 15.2. The van der Waals surface area contributed by atoms with Crippen LogP contribution in [0.4, 0.5) is 34.1 Å². The van der Waals surface area contributed by atoms with Crippen molar-refractivity contribution in [3.63, 3.8) is 0 Å². The number of hydrogen-bond acceptors (Lipinski definition) is 2. The van der Waals surface area contributed by atoms with Gasteiger partial charge in [0.25, 0.3) is 0 Å². The number of hydrogen-bond donors (Lipinski definition) is 0. The van der Waals surface area contributed by atoms with Crippen molar-refractivity contribution < 1.29 is 0 Å². The van der Waals surface area contributed by atoms with Crippen LogP contribution in [-0.2, 0) is 21.7 Å². The monoisotopic (exact) mass is 1680 g/mol. The first-order valence-corrected chi connectivity index (χ1v) is 46.4. The van der Waals surface area contributed by atoms with Gasteiger partial charge in [-0.25, -0.2) is 0 Å². The molecule has 132 heavy (non-hydrogen) atoms. The van der Waals surface area contributed by atoms with Gasteiger partial charge in [0.1, 0.15) is 0 Å². The first-order valence-electron chi connectivity index (χ1n) is 46.4. The van der Waals surface area contributed by atoms with E-state index in [0.29, 0.717) is 0 Å². The van der Waals surface area contributed by atoms with E-state index in [2.05, 4.69) is 525 Å². The molecule has 0 radical (unpaired) electrons. The zero-order valence-electron chi connectivity index (χ0n) is 74.9. The first kappa shape index (κ1) is 79.4. The molecule has 0 atom stereocenters. The van der Waals surface area contributed by atoms with Gasteiger partial charge in [-0.15, -0.1) is 0 Å². The minimum atomic E-state index is -0.537. The molecule has 5 aliphatic rings. The quantitative estimate of drug-likeness (QED) is 0.107. The molecule has 0 bridgehead atoms. The van der Waals surface area contributed by atoms with Crippen molar-refractivity contribution in [1.82, 2.24) is 0 Å². The van der Waals surface area contributed by atoms with E-state index in [1.807, 2.05) is 0 Å². The predicted molar refractivity (Wildman–Crippen MR) is 553 cm³/mol. The van der Waals surface area contributed by atoms with E-state index in [0.717, 1.165) is 22.7 Å². The van der Waals surface area contributed by atoms with Crippen molar-refractivity contribution in [2.24, 2.45) is 0 Å². The maximum absolute atomic E-state index is 2.57. The Morgan fingerprint density at radius 3 is 0.689 bits per heavy atom. The lowest BCUT2D eigenvalue weighted by atomic mass is 9.67. The van der Waals surface area contributed by atoms with Crippen LogP contribution >= 0.6 is 0 Å². The minimum absolute atomic E-state index is 0.165. The molecule has 0 unspecified atom stereocenters. The fraction of sp³-hybridized carbons (Fsp3) is 0.0769. The van der Waals surface area contributed by atoms with Crippen LogP contribution in [0.25, 0.3) is 122 Å². The molecule has 0 N–H and O–H groups in total. The smallest absolute Gasteiger partial charge is 0.0726 e. The Balaban J connectivity index is 0.000000146. The average Bonchev–Trinajstić information content (AvgIpc) is 1.51. The Labute approximate surface area is 775 Å². The van der Waals surface area contributed by atoms with Crippen LogP contribution in [0.3, 0.4) is 0 Å². The van der Waals surface area contributed by atoms with Crippen LogP contribution in [0.15, 0.2) is 473 Å². The molecule has 0 saturated heterocycles. The van der Waals surface area contributed by atoms with E-state index in [4.69, 9.17) is 0 Å². The number of anilines is 6. The molecular weight excluding hydrogens is 1590 g/mol. The summed E-state index contributed by atoms with van der Waals surface area (Å²) in [6.45, 7) is 14.1. The third-order valence-corrected chi connectivity index (χ3v) is 29.5. The molecule has 0 heterocycles. The second kappa shape index (κ2) is 31.4. The van der Waals surface area contributed by atoms with E-state index < -0.39 is 10.8 Å². The van der Waals surface area contributed by atoms with E-state index in [1.54, 1.807) is 0 Å². The summed E-state index contributed by atoms with van der Waals surface area (Å²) in [5.74, 6) is 0. The molecule has 0 amide bonds. The number of aryl methyl sites for hydroxylation is 2. The van der Waals surface area contributed by atoms with E-state index >= 15 is 0 Å². The zero-order valence-corrected chi connectivity index (χ0v) is 74.9. The summed E-state index contributed by atoms with van der Waals surface area (Å²) in [5.41, 5.74) is 51.3. The Morgan fingerprint density at radius 1 is 0.152 bits per heavy atom. The minimum Gasteiger partial charge on any atom is -0.310 e. The summed E-state index contributed by atoms with van der Waals surface area (Å²) >= 11 is 0. The van der Waals surface area contributed by atoms with Crippen molar-refractivity contribution >= 4 is 34.1 Å². The maximum Gasteiger partial charge on any atom is 0.0726 e. The summed E-state index contributed by atoms with van der Waals surface area (Å²) in [6, 6.07) is 176. The molecule has 20 aromatic rings. The summed E-state index contributed by atoms with van der Waals surface area (Å²) < 4.78 is 0. The van der Waals surface area contributed by atoms with Crippen LogP contribution in [0.5, 0.6) is 0 Å². The standard InChI is InChI=1S/C65H47N.C65H49N/c1-42-38-47(45-32-30-44(31-33-45)43-18-6-4-7-19-43)39-56(46-20-8-5-9-21-46)63(42)66(48-34-36-54-50-22-10-14-26-57(50)64(2,3)61(54)40-48)49-35-37-55-53-25-13-17-29-60(53)65(62(55)41-49)58-27-15-11-23-51(58)52-24-12-16-28-59(52)65;1-44-40-49(47-34-32-46(33-35-47)45-20-8-4-9-21-45)41-58(48-22-10-5-11-23-48)63(44)66(52-36-38-56-54-28-16-18-30-59(54)64(2,3)61(56)42-52)53-37-39-57-55-29-17-19-31-60(55)65(62(57)43-53,50-24-12-6-13-25-50)51-26-14-7-15-27-51/h4-41H,1-3H3;4-43H,1-3H3. The van der Waals surface area contributed by atoms with Gasteiger partial charge < -0.3 is 9.80 Å². The van der Waals surface area contributed by atoms with Crippen LogP contribution in [0.1, 0.15) is 106 Å². The Bertz CT molecular complexity index is 7430. The van der Waals surface area contributed by atoms with E-state index in [-0.39, 0.29) is 10.8 Å². The molecule has 0 aromatic heterocycles. The molecule has 0 aliphatic heterocycles. The average molecular weight is 1690 g/mol. The van der Waals surface area contributed by atoms with Crippen LogP contribution in [-0.4, -0.2) is 0 Å². The third kappa shape index (κ3) is 12.4. The highest BCUT2D eigenvalue weighted by Crippen LogP contribution is 2.65. The molecule has 0 fully saturated rings. The number of nitrogens with zero attached hydrogens (tertiary/aromatic N) is 2. The summed E-state index contributed by atoms with van der Waals surface area (Å²) in [6.07, 6.45) is 0. The van der Waals surface area contributed by atoms with Crippen molar-refractivity contribution in [3.05, 3.63) is 551 Å². The van der Waals surface area contributed by atoms with E-state index in [1.165, 1.54) is 212 Å². The molecule has 25 rings (SSSR count). The lowest BCUT2D eigenvalue weighted by Crippen LogP contribution is -2.28. The molecule has 2 heteroatoms.